The Bertz CT molecular complexity index is 929. The molecule has 138 valence electrons. The largest absolute Gasteiger partial charge is 0.352 e. The average Bonchev–Trinajstić information content (AvgIpc) is 3.23. The van der Waals surface area contributed by atoms with Crippen molar-refractivity contribution in [1.29, 1.82) is 0 Å². The van der Waals surface area contributed by atoms with E-state index in [1.165, 1.54) is 11.9 Å². The fourth-order valence-electron chi connectivity index (χ4n) is 3.30. The van der Waals surface area contributed by atoms with E-state index in [1.54, 1.807) is 11.0 Å². The summed E-state index contributed by atoms with van der Waals surface area (Å²) >= 11 is 0. The third kappa shape index (κ3) is 3.51. The SMILES string of the molecule is Cc1ccc(C(=O)N2CCN(c3ccc(-n4cncn4)nn3)CC2)c(C)c1. The molecule has 0 radical (unpaired) electrons. The fourth-order valence-corrected chi connectivity index (χ4v) is 3.30. The van der Waals surface area contributed by atoms with Gasteiger partial charge in [0, 0.05) is 31.7 Å². The molecule has 0 N–H and O–H groups in total. The minimum absolute atomic E-state index is 0.0970. The highest BCUT2D eigenvalue weighted by molar-refractivity contribution is 5.95. The van der Waals surface area contributed by atoms with Crippen molar-refractivity contribution in [1.82, 2.24) is 29.9 Å². The number of amides is 1. The van der Waals surface area contributed by atoms with Crippen molar-refractivity contribution in [2.24, 2.45) is 0 Å². The molecule has 3 heterocycles. The van der Waals surface area contributed by atoms with Gasteiger partial charge in [-0.25, -0.2) is 9.67 Å². The molecule has 1 fully saturated rings. The van der Waals surface area contributed by atoms with Gasteiger partial charge in [-0.1, -0.05) is 17.7 Å². The maximum atomic E-state index is 12.8. The summed E-state index contributed by atoms with van der Waals surface area (Å²) in [5.74, 6) is 1.53. The van der Waals surface area contributed by atoms with E-state index in [9.17, 15) is 4.79 Å². The van der Waals surface area contributed by atoms with Crippen LogP contribution < -0.4 is 4.90 Å². The van der Waals surface area contributed by atoms with Crippen molar-refractivity contribution in [3.63, 3.8) is 0 Å². The summed E-state index contributed by atoms with van der Waals surface area (Å²) in [7, 11) is 0. The second-order valence-corrected chi connectivity index (χ2v) is 6.69. The second-order valence-electron chi connectivity index (χ2n) is 6.69. The zero-order chi connectivity index (χ0) is 18.8. The lowest BCUT2D eigenvalue weighted by atomic mass is 10.0. The summed E-state index contributed by atoms with van der Waals surface area (Å²) in [6.45, 7) is 6.82. The molecule has 0 bridgehead atoms. The zero-order valence-electron chi connectivity index (χ0n) is 15.4. The molecule has 1 saturated heterocycles. The second kappa shape index (κ2) is 7.14. The molecule has 0 spiro atoms. The first-order valence-electron chi connectivity index (χ1n) is 8.92. The molecule has 27 heavy (non-hydrogen) atoms. The number of aromatic nitrogens is 5. The van der Waals surface area contributed by atoms with Crippen LogP contribution in [0, 0.1) is 13.8 Å². The number of benzene rings is 1. The molecule has 3 aromatic rings. The van der Waals surface area contributed by atoms with E-state index in [1.807, 2.05) is 43.0 Å². The molecule has 8 nitrogen and oxygen atoms in total. The third-order valence-corrected chi connectivity index (χ3v) is 4.79. The van der Waals surface area contributed by atoms with Gasteiger partial charge in [0.2, 0.25) is 0 Å². The summed E-state index contributed by atoms with van der Waals surface area (Å²) in [6, 6.07) is 9.75. The maximum Gasteiger partial charge on any atom is 0.254 e. The van der Waals surface area contributed by atoms with Gasteiger partial charge in [0.1, 0.15) is 12.7 Å². The van der Waals surface area contributed by atoms with Crippen molar-refractivity contribution in [3.8, 4) is 5.82 Å². The predicted octanol–water partition coefficient (Wildman–Crippen LogP) is 1.64. The van der Waals surface area contributed by atoms with E-state index < -0.39 is 0 Å². The Morgan fingerprint density at radius 2 is 1.70 bits per heavy atom. The smallest absolute Gasteiger partial charge is 0.254 e. The van der Waals surface area contributed by atoms with Crippen LogP contribution in [-0.2, 0) is 0 Å². The highest BCUT2D eigenvalue weighted by Gasteiger charge is 2.24. The molecule has 1 aliphatic rings. The first-order chi connectivity index (χ1) is 13.1. The first-order valence-corrected chi connectivity index (χ1v) is 8.92. The number of aryl methyl sites for hydroxylation is 2. The molecule has 0 atom stereocenters. The lowest BCUT2D eigenvalue weighted by Gasteiger charge is -2.35. The van der Waals surface area contributed by atoms with Gasteiger partial charge in [-0.2, -0.15) is 5.10 Å². The van der Waals surface area contributed by atoms with E-state index in [4.69, 9.17) is 0 Å². The summed E-state index contributed by atoms with van der Waals surface area (Å²) in [6.07, 6.45) is 3.04. The van der Waals surface area contributed by atoms with E-state index in [2.05, 4.69) is 31.2 Å². The molecule has 0 unspecified atom stereocenters. The fraction of sp³-hybridized carbons (Fsp3) is 0.316. The highest BCUT2D eigenvalue weighted by atomic mass is 16.2. The Balaban J connectivity index is 1.40. The van der Waals surface area contributed by atoms with Gasteiger partial charge < -0.3 is 9.80 Å². The number of hydrogen-bond acceptors (Lipinski definition) is 6. The Hall–Kier alpha value is -3.29. The van der Waals surface area contributed by atoms with E-state index in [0.29, 0.717) is 18.9 Å². The predicted molar refractivity (Wildman–Crippen MR) is 101 cm³/mol. The van der Waals surface area contributed by atoms with Gasteiger partial charge in [-0.3, -0.25) is 4.79 Å². The third-order valence-electron chi connectivity index (χ3n) is 4.79. The van der Waals surface area contributed by atoms with Gasteiger partial charge >= 0.3 is 0 Å². The zero-order valence-corrected chi connectivity index (χ0v) is 15.4. The molecule has 2 aromatic heterocycles. The van der Waals surface area contributed by atoms with Crippen LogP contribution in [0.15, 0.2) is 43.0 Å². The minimum Gasteiger partial charge on any atom is -0.352 e. The summed E-state index contributed by atoms with van der Waals surface area (Å²) in [5, 5.41) is 12.5. The van der Waals surface area contributed by atoms with E-state index in [0.717, 1.165) is 30.0 Å². The molecule has 4 rings (SSSR count). The Morgan fingerprint density at radius 3 is 2.33 bits per heavy atom. The molecule has 1 aliphatic heterocycles. The summed E-state index contributed by atoms with van der Waals surface area (Å²) in [4.78, 5) is 20.8. The quantitative estimate of drug-likeness (QED) is 0.704. The molecular formula is C19H21N7O. The lowest BCUT2D eigenvalue weighted by Crippen LogP contribution is -2.49. The number of piperazine rings is 1. The van der Waals surface area contributed by atoms with Crippen LogP contribution in [0.25, 0.3) is 5.82 Å². The Labute approximate surface area is 157 Å². The van der Waals surface area contributed by atoms with Crippen LogP contribution in [-0.4, -0.2) is 61.9 Å². The average molecular weight is 363 g/mol. The van der Waals surface area contributed by atoms with Gasteiger partial charge in [0.05, 0.1) is 0 Å². The molecule has 1 amide bonds. The van der Waals surface area contributed by atoms with Crippen LogP contribution in [0.3, 0.4) is 0 Å². The molecular weight excluding hydrogens is 342 g/mol. The van der Waals surface area contributed by atoms with Crippen LogP contribution in [0.4, 0.5) is 5.82 Å². The van der Waals surface area contributed by atoms with Crippen molar-refractivity contribution < 1.29 is 4.79 Å². The van der Waals surface area contributed by atoms with Crippen LogP contribution in [0.1, 0.15) is 21.5 Å². The number of anilines is 1. The van der Waals surface area contributed by atoms with Gasteiger partial charge in [0.25, 0.3) is 5.91 Å². The van der Waals surface area contributed by atoms with Gasteiger partial charge in [0.15, 0.2) is 11.6 Å². The lowest BCUT2D eigenvalue weighted by molar-refractivity contribution is 0.0745. The Morgan fingerprint density at radius 1 is 0.963 bits per heavy atom. The molecule has 0 aliphatic carbocycles. The number of rotatable bonds is 3. The van der Waals surface area contributed by atoms with Crippen molar-refractivity contribution in [3.05, 3.63) is 59.7 Å². The number of hydrogen-bond donors (Lipinski definition) is 0. The number of carbonyl (C=O) groups excluding carboxylic acids is 1. The molecule has 0 saturated carbocycles. The standard InChI is InChI=1S/C19H21N7O/c1-14-3-4-16(15(2)11-14)19(27)25-9-7-24(8-10-25)17-5-6-18(23-22-17)26-13-20-12-21-26/h3-6,11-13H,7-10H2,1-2H3. The van der Waals surface area contributed by atoms with Crippen molar-refractivity contribution >= 4 is 11.7 Å². The van der Waals surface area contributed by atoms with Crippen LogP contribution in [0.2, 0.25) is 0 Å². The Kier molecular flexibility index (Phi) is 4.53. The van der Waals surface area contributed by atoms with Gasteiger partial charge in [-0.15, -0.1) is 10.2 Å². The summed E-state index contributed by atoms with van der Waals surface area (Å²) < 4.78 is 1.57. The number of nitrogens with zero attached hydrogens (tertiary/aromatic N) is 7. The minimum atomic E-state index is 0.0970. The molecule has 8 heteroatoms. The first kappa shape index (κ1) is 17.1. The maximum absolute atomic E-state index is 12.8. The van der Waals surface area contributed by atoms with Crippen molar-refractivity contribution in [2.75, 3.05) is 31.1 Å². The van der Waals surface area contributed by atoms with E-state index in [-0.39, 0.29) is 5.91 Å². The van der Waals surface area contributed by atoms with Crippen molar-refractivity contribution in [2.45, 2.75) is 13.8 Å². The summed E-state index contributed by atoms with van der Waals surface area (Å²) in [5.41, 5.74) is 2.98. The normalized spacial score (nSPS) is 14.4. The highest BCUT2D eigenvalue weighted by Crippen LogP contribution is 2.17. The topological polar surface area (TPSA) is 80.0 Å². The van der Waals surface area contributed by atoms with Crippen LogP contribution in [0.5, 0.6) is 0 Å². The monoisotopic (exact) mass is 363 g/mol. The van der Waals surface area contributed by atoms with Gasteiger partial charge in [-0.05, 0) is 37.6 Å². The molecule has 1 aromatic carbocycles. The van der Waals surface area contributed by atoms with E-state index >= 15 is 0 Å². The number of carbonyl (C=O) groups is 1. The van der Waals surface area contributed by atoms with Crippen LogP contribution >= 0.6 is 0 Å².